The molecule has 0 aliphatic heterocycles. The summed E-state index contributed by atoms with van der Waals surface area (Å²) in [7, 11) is 0. The second-order valence-corrected chi connectivity index (χ2v) is 4.12. The SMILES string of the molecule is O/N=C1\c2ccccc2-c2ccc(Cl)cc21. The minimum Gasteiger partial charge on any atom is -0.410 e. The number of rotatable bonds is 0. The highest BCUT2D eigenvalue weighted by Gasteiger charge is 2.24. The predicted molar refractivity (Wildman–Crippen MR) is 64.3 cm³/mol. The first kappa shape index (κ1) is 9.43. The van der Waals surface area contributed by atoms with Crippen LogP contribution in [0.2, 0.25) is 5.02 Å². The zero-order valence-electron chi connectivity index (χ0n) is 8.31. The summed E-state index contributed by atoms with van der Waals surface area (Å²) >= 11 is 5.95. The van der Waals surface area contributed by atoms with Gasteiger partial charge >= 0.3 is 0 Å². The van der Waals surface area contributed by atoms with E-state index in [-0.39, 0.29) is 0 Å². The normalized spacial score (nSPS) is 14.9. The molecule has 16 heavy (non-hydrogen) atoms. The van der Waals surface area contributed by atoms with Gasteiger partial charge in [-0.15, -0.1) is 0 Å². The van der Waals surface area contributed by atoms with Gasteiger partial charge in [-0.25, -0.2) is 0 Å². The second-order valence-electron chi connectivity index (χ2n) is 3.68. The lowest BCUT2D eigenvalue weighted by atomic mass is 10.1. The van der Waals surface area contributed by atoms with Crippen LogP contribution in [0.5, 0.6) is 0 Å². The monoisotopic (exact) mass is 229 g/mol. The number of hydrogen-bond donors (Lipinski definition) is 1. The Hall–Kier alpha value is -1.80. The van der Waals surface area contributed by atoms with Crippen LogP contribution < -0.4 is 0 Å². The summed E-state index contributed by atoms with van der Waals surface area (Å²) in [6, 6.07) is 13.5. The Balaban J connectivity index is 2.39. The molecule has 2 aromatic carbocycles. The van der Waals surface area contributed by atoms with Crippen molar-refractivity contribution in [3.05, 3.63) is 58.6 Å². The molecule has 0 fully saturated rings. The average molecular weight is 230 g/mol. The van der Waals surface area contributed by atoms with Gasteiger partial charge in [-0.05, 0) is 23.3 Å². The van der Waals surface area contributed by atoms with Crippen LogP contribution in [0.4, 0.5) is 0 Å². The Morgan fingerprint density at radius 3 is 2.31 bits per heavy atom. The van der Waals surface area contributed by atoms with Crippen LogP contribution in [0.25, 0.3) is 11.1 Å². The number of oxime groups is 1. The number of hydrogen-bond acceptors (Lipinski definition) is 2. The zero-order chi connectivity index (χ0) is 11.1. The van der Waals surface area contributed by atoms with Crippen molar-refractivity contribution in [1.82, 2.24) is 0 Å². The number of nitrogens with zero attached hydrogens (tertiary/aromatic N) is 1. The van der Waals surface area contributed by atoms with Crippen molar-refractivity contribution in [2.24, 2.45) is 5.16 Å². The number of halogens is 1. The number of benzene rings is 2. The van der Waals surface area contributed by atoms with Crippen LogP contribution in [0.3, 0.4) is 0 Å². The molecular weight excluding hydrogens is 222 g/mol. The van der Waals surface area contributed by atoms with Crippen molar-refractivity contribution in [3.8, 4) is 11.1 Å². The van der Waals surface area contributed by atoms with Crippen LogP contribution in [-0.2, 0) is 0 Å². The minimum atomic E-state index is 0.591. The molecule has 3 heteroatoms. The maximum atomic E-state index is 9.10. The number of fused-ring (bicyclic) bond motifs is 3. The fraction of sp³-hybridized carbons (Fsp3) is 0. The molecule has 0 saturated carbocycles. The van der Waals surface area contributed by atoms with Crippen molar-refractivity contribution < 1.29 is 5.21 Å². The fourth-order valence-corrected chi connectivity index (χ4v) is 2.30. The zero-order valence-corrected chi connectivity index (χ0v) is 9.07. The maximum Gasteiger partial charge on any atom is 0.118 e. The van der Waals surface area contributed by atoms with Crippen molar-refractivity contribution >= 4 is 17.3 Å². The second kappa shape index (κ2) is 3.35. The van der Waals surface area contributed by atoms with E-state index in [2.05, 4.69) is 5.16 Å². The third-order valence-electron chi connectivity index (χ3n) is 2.81. The van der Waals surface area contributed by atoms with E-state index < -0.39 is 0 Å². The topological polar surface area (TPSA) is 32.6 Å². The molecule has 0 saturated heterocycles. The summed E-state index contributed by atoms with van der Waals surface area (Å²) in [6.07, 6.45) is 0. The molecule has 1 aliphatic rings. The van der Waals surface area contributed by atoms with Gasteiger partial charge in [0, 0.05) is 16.1 Å². The van der Waals surface area contributed by atoms with Crippen LogP contribution in [0, 0.1) is 0 Å². The molecule has 1 aliphatic carbocycles. The largest absolute Gasteiger partial charge is 0.410 e. The predicted octanol–water partition coefficient (Wildman–Crippen LogP) is 3.55. The first-order valence-electron chi connectivity index (χ1n) is 4.93. The smallest absolute Gasteiger partial charge is 0.118 e. The molecule has 0 radical (unpaired) electrons. The summed E-state index contributed by atoms with van der Waals surface area (Å²) in [5, 5.41) is 13.1. The molecule has 78 valence electrons. The van der Waals surface area contributed by atoms with Crippen molar-refractivity contribution in [2.75, 3.05) is 0 Å². The van der Waals surface area contributed by atoms with Gasteiger partial charge in [-0.3, -0.25) is 0 Å². The maximum absolute atomic E-state index is 9.10. The van der Waals surface area contributed by atoms with E-state index in [1.54, 1.807) is 0 Å². The Labute approximate surface area is 97.8 Å². The van der Waals surface area contributed by atoms with E-state index in [0.717, 1.165) is 22.3 Å². The van der Waals surface area contributed by atoms with Gasteiger partial charge in [-0.1, -0.05) is 47.1 Å². The van der Waals surface area contributed by atoms with Crippen LogP contribution >= 0.6 is 11.6 Å². The Kier molecular flexibility index (Phi) is 1.98. The third-order valence-corrected chi connectivity index (χ3v) is 3.04. The summed E-state index contributed by atoms with van der Waals surface area (Å²) in [6.45, 7) is 0. The summed E-state index contributed by atoms with van der Waals surface area (Å²) in [5.74, 6) is 0. The molecule has 0 unspecified atom stereocenters. The molecule has 2 nitrogen and oxygen atoms in total. The molecule has 0 spiro atoms. The molecule has 0 amide bonds. The Bertz CT molecular complexity index is 605. The highest BCUT2D eigenvalue weighted by Crippen LogP contribution is 2.37. The van der Waals surface area contributed by atoms with Gasteiger partial charge in [0.1, 0.15) is 5.71 Å². The standard InChI is InChI=1S/C13H8ClNO/c14-8-5-6-10-9-3-1-2-4-11(9)13(15-16)12(10)7-8/h1-7,16H/b15-13+. The third kappa shape index (κ3) is 1.17. The molecule has 0 aromatic heterocycles. The van der Waals surface area contributed by atoms with Gasteiger partial charge in [0.05, 0.1) is 0 Å². The van der Waals surface area contributed by atoms with Crippen LogP contribution in [0.1, 0.15) is 11.1 Å². The quantitative estimate of drug-likeness (QED) is 0.464. The van der Waals surface area contributed by atoms with Gasteiger partial charge in [-0.2, -0.15) is 0 Å². The lowest BCUT2D eigenvalue weighted by Crippen LogP contribution is -1.97. The molecule has 0 heterocycles. The summed E-state index contributed by atoms with van der Waals surface area (Å²) in [4.78, 5) is 0. The van der Waals surface area contributed by atoms with Crippen LogP contribution in [-0.4, -0.2) is 10.9 Å². The highest BCUT2D eigenvalue weighted by molar-refractivity contribution is 6.32. The molecule has 1 N–H and O–H groups in total. The van der Waals surface area contributed by atoms with Gasteiger partial charge in [0.15, 0.2) is 0 Å². The summed E-state index contributed by atoms with van der Waals surface area (Å²) in [5.41, 5.74) is 4.57. The lowest BCUT2D eigenvalue weighted by molar-refractivity contribution is 0.320. The minimum absolute atomic E-state index is 0.591. The van der Waals surface area contributed by atoms with Crippen molar-refractivity contribution in [1.29, 1.82) is 0 Å². The molecule has 0 atom stereocenters. The van der Waals surface area contributed by atoms with E-state index in [9.17, 15) is 0 Å². The van der Waals surface area contributed by atoms with Gasteiger partial charge in [0.2, 0.25) is 0 Å². The average Bonchev–Trinajstić information content (AvgIpc) is 2.61. The van der Waals surface area contributed by atoms with E-state index in [0.29, 0.717) is 10.7 Å². The van der Waals surface area contributed by atoms with E-state index >= 15 is 0 Å². The van der Waals surface area contributed by atoms with Crippen molar-refractivity contribution in [2.45, 2.75) is 0 Å². The molecule has 0 bridgehead atoms. The first-order chi connectivity index (χ1) is 7.81. The Morgan fingerprint density at radius 2 is 1.56 bits per heavy atom. The molecule has 2 aromatic rings. The van der Waals surface area contributed by atoms with E-state index in [1.165, 1.54) is 0 Å². The molecular formula is C13H8ClNO. The van der Waals surface area contributed by atoms with Gasteiger partial charge in [0.25, 0.3) is 0 Å². The van der Waals surface area contributed by atoms with Gasteiger partial charge < -0.3 is 5.21 Å². The summed E-state index contributed by atoms with van der Waals surface area (Å²) < 4.78 is 0. The van der Waals surface area contributed by atoms with E-state index in [1.807, 2.05) is 42.5 Å². The fourth-order valence-electron chi connectivity index (χ4n) is 2.12. The highest BCUT2D eigenvalue weighted by atomic mass is 35.5. The van der Waals surface area contributed by atoms with Crippen LogP contribution in [0.15, 0.2) is 47.6 Å². The molecule has 3 rings (SSSR count). The lowest BCUT2D eigenvalue weighted by Gasteiger charge is -1.99. The Morgan fingerprint density at radius 1 is 0.875 bits per heavy atom. The first-order valence-corrected chi connectivity index (χ1v) is 5.31. The van der Waals surface area contributed by atoms with Crippen molar-refractivity contribution in [3.63, 3.8) is 0 Å². The van der Waals surface area contributed by atoms with E-state index in [4.69, 9.17) is 16.8 Å².